The van der Waals surface area contributed by atoms with Gasteiger partial charge >= 0.3 is 6.18 Å². The highest BCUT2D eigenvalue weighted by Gasteiger charge is 2.37. The molecule has 0 saturated carbocycles. The standard InChI is InChI=1S/C12H7F3N2O5/c1-4-2-5(12(13,14)15)8-9(10(4)17(21)22)16-7(19)3-6(18)11(8)20/h2-3H,1H3,(H,16,19)(H,18,20). The minimum absolute atomic E-state index is 0.363. The number of hydrogen-bond acceptors (Lipinski definition) is 5. The number of hydrogen-bond donors (Lipinski definition) is 2. The number of fused-ring (bicyclic) bond motifs is 1. The maximum Gasteiger partial charge on any atom is 0.417 e. The molecule has 0 radical (unpaired) electrons. The van der Waals surface area contributed by atoms with Crippen LogP contribution in [-0.4, -0.2) is 15.0 Å². The molecule has 0 bridgehead atoms. The highest BCUT2D eigenvalue weighted by Crippen LogP contribution is 2.37. The van der Waals surface area contributed by atoms with Gasteiger partial charge in [-0.15, -0.1) is 0 Å². The van der Waals surface area contributed by atoms with Crippen molar-refractivity contribution >= 4 is 16.6 Å². The third-order valence-corrected chi connectivity index (χ3v) is 2.95. The van der Waals surface area contributed by atoms with Gasteiger partial charge in [-0.3, -0.25) is 19.7 Å². The first-order valence-electron chi connectivity index (χ1n) is 5.69. The number of nitro benzene ring substituents is 1. The summed E-state index contributed by atoms with van der Waals surface area (Å²) < 4.78 is 39.2. The molecule has 0 aliphatic carbocycles. The van der Waals surface area contributed by atoms with Gasteiger partial charge in [0, 0.05) is 11.6 Å². The molecule has 0 atom stereocenters. The predicted octanol–water partition coefficient (Wildman–Crippen LogP) is 1.83. The fraction of sp³-hybridized carbons (Fsp3) is 0.167. The van der Waals surface area contributed by atoms with Gasteiger partial charge in [-0.2, -0.15) is 13.2 Å². The van der Waals surface area contributed by atoms with E-state index < -0.39 is 50.0 Å². The molecule has 1 aromatic heterocycles. The van der Waals surface area contributed by atoms with Gasteiger partial charge in [0.05, 0.1) is 15.9 Å². The zero-order valence-electron chi connectivity index (χ0n) is 10.8. The summed E-state index contributed by atoms with van der Waals surface area (Å²) in [7, 11) is 0. The molecule has 0 aliphatic heterocycles. The van der Waals surface area contributed by atoms with Gasteiger partial charge in [-0.1, -0.05) is 0 Å². The van der Waals surface area contributed by atoms with Gasteiger partial charge in [0.25, 0.3) is 11.2 Å². The number of benzene rings is 1. The van der Waals surface area contributed by atoms with Crippen LogP contribution in [0.3, 0.4) is 0 Å². The molecular formula is C12H7F3N2O5. The Kier molecular flexibility index (Phi) is 3.39. The van der Waals surface area contributed by atoms with Crippen LogP contribution in [0.5, 0.6) is 5.75 Å². The molecule has 116 valence electrons. The van der Waals surface area contributed by atoms with Crippen molar-refractivity contribution in [3.63, 3.8) is 0 Å². The molecule has 7 nitrogen and oxygen atoms in total. The van der Waals surface area contributed by atoms with Crippen molar-refractivity contribution < 1.29 is 23.2 Å². The van der Waals surface area contributed by atoms with Gasteiger partial charge in [-0.25, -0.2) is 0 Å². The Morgan fingerprint density at radius 2 is 1.86 bits per heavy atom. The molecule has 0 unspecified atom stereocenters. The number of aryl methyl sites for hydroxylation is 1. The first-order chi connectivity index (χ1) is 10.0. The Labute approximate surface area is 118 Å². The Balaban J connectivity index is 3.30. The number of H-pyrrole nitrogens is 1. The van der Waals surface area contributed by atoms with E-state index in [0.29, 0.717) is 12.1 Å². The van der Waals surface area contributed by atoms with E-state index in [2.05, 4.69) is 0 Å². The molecular weight excluding hydrogens is 309 g/mol. The van der Waals surface area contributed by atoms with E-state index in [1.165, 1.54) is 0 Å². The molecule has 0 spiro atoms. The quantitative estimate of drug-likeness (QED) is 0.615. The molecule has 0 amide bonds. The van der Waals surface area contributed by atoms with Crippen molar-refractivity contribution in [1.29, 1.82) is 0 Å². The topological polar surface area (TPSA) is 113 Å². The lowest BCUT2D eigenvalue weighted by Crippen LogP contribution is -2.13. The second-order valence-electron chi connectivity index (χ2n) is 4.44. The molecule has 2 N–H and O–H groups in total. The van der Waals surface area contributed by atoms with Crippen molar-refractivity contribution in [2.75, 3.05) is 0 Å². The van der Waals surface area contributed by atoms with Crippen LogP contribution in [0, 0.1) is 17.0 Å². The van der Waals surface area contributed by atoms with Crippen LogP contribution in [-0.2, 0) is 6.18 Å². The van der Waals surface area contributed by atoms with Crippen molar-refractivity contribution in [3.8, 4) is 5.75 Å². The van der Waals surface area contributed by atoms with Crippen LogP contribution in [0.25, 0.3) is 10.9 Å². The second-order valence-corrected chi connectivity index (χ2v) is 4.44. The summed E-state index contributed by atoms with van der Waals surface area (Å²) in [5.41, 5.74) is -6.25. The van der Waals surface area contributed by atoms with E-state index in [0.717, 1.165) is 6.92 Å². The number of nitrogens with one attached hydrogen (secondary N) is 1. The molecule has 0 aliphatic rings. The zero-order chi connectivity index (χ0) is 16.8. The monoisotopic (exact) mass is 316 g/mol. The Morgan fingerprint density at radius 1 is 1.27 bits per heavy atom. The van der Waals surface area contributed by atoms with E-state index in [1.807, 2.05) is 4.98 Å². The molecule has 22 heavy (non-hydrogen) atoms. The van der Waals surface area contributed by atoms with Gasteiger partial charge in [-0.05, 0) is 13.0 Å². The zero-order valence-corrected chi connectivity index (χ0v) is 10.8. The van der Waals surface area contributed by atoms with Crippen LogP contribution in [0.1, 0.15) is 11.1 Å². The number of aromatic hydroxyl groups is 1. The number of rotatable bonds is 1. The highest BCUT2D eigenvalue weighted by atomic mass is 19.4. The third kappa shape index (κ3) is 2.38. The minimum atomic E-state index is -5.00. The molecule has 10 heteroatoms. The molecule has 0 fully saturated rings. The van der Waals surface area contributed by atoms with Crippen LogP contribution in [0.15, 0.2) is 21.7 Å². The maximum atomic E-state index is 13.1. The number of halogens is 3. The summed E-state index contributed by atoms with van der Waals surface area (Å²) in [6.45, 7) is 1.04. The normalized spacial score (nSPS) is 11.6. The van der Waals surface area contributed by atoms with Gasteiger partial charge in [0.2, 0.25) is 5.43 Å². The Hall–Kier alpha value is -2.91. The summed E-state index contributed by atoms with van der Waals surface area (Å²) in [4.78, 5) is 35.2. The summed E-state index contributed by atoms with van der Waals surface area (Å²) in [6.07, 6.45) is -5.00. The first-order valence-corrected chi connectivity index (χ1v) is 5.69. The number of nitrogens with zero attached hydrogens (tertiary/aromatic N) is 1. The minimum Gasteiger partial charge on any atom is -0.504 e. The smallest absolute Gasteiger partial charge is 0.417 e. The maximum absolute atomic E-state index is 13.1. The number of alkyl halides is 3. The summed E-state index contributed by atoms with van der Waals surface area (Å²) in [6, 6.07) is 0.793. The second kappa shape index (κ2) is 4.83. The number of aromatic amines is 1. The fourth-order valence-electron chi connectivity index (χ4n) is 2.10. The average molecular weight is 316 g/mol. The van der Waals surface area contributed by atoms with Crippen LogP contribution in [0.2, 0.25) is 0 Å². The summed E-state index contributed by atoms with van der Waals surface area (Å²) in [5.74, 6) is -1.24. The third-order valence-electron chi connectivity index (χ3n) is 2.95. The van der Waals surface area contributed by atoms with Crippen LogP contribution in [0.4, 0.5) is 18.9 Å². The largest absolute Gasteiger partial charge is 0.504 e. The van der Waals surface area contributed by atoms with E-state index in [1.54, 1.807) is 0 Å². The predicted molar refractivity (Wildman–Crippen MR) is 68.9 cm³/mol. The highest BCUT2D eigenvalue weighted by molar-refractivity contribution is 5.91. The summed E-state index contributed by atoms with van der Waals surface area (Å²) in [5, 5.41) is 19.3. The first kappa shape index (κ1) is 15.5. The number of nitro groups is 1. The van der Waals surface area contributed by atoms with Crippen LogP contribution >= 0.6 is 0 Å². The van der Waals surface area contributed by atoms with E-state index >= 15 is 0 Å². The molecule has 0 saturated heterocycles. The Bertz CT molecular complexity index is 918. The fourth-order valence-corrected chi connectivity index (χ4v) is 2.10. The van der Waals surface area contributed by atoms with Crippen molar-refractivity contribution in [3.05, 3.63) is 54.0 Å². The van der Waals surface area contributed by atoms with Crippen molar-refractivity contribution in [2.45, 2.75) is 13.1 Å². The molecule has 1 heterocycles. The Morgan fingerprint density at radius 3 is 2.36 bits per heavy atom. The van der Waals surface area contributed by atoms with E-state index in [-0.39, 0.29) is 5.56 Å². The molecule has 2 aromatic rings. The lowest BCUT2D eigenvalue weighted by molar-refractivity contribution is -0.383. The van der Waals surface area contributed by atoms with Crippen molar-refractivity contribution in [1.82, 2.24) is 4.98 Å². The average Bonchev–Trinajstić information content (AvgIpc) is 2.44. The van der Waals surface area contributed by atoms with E-state index in [4.69, 9.17) is 0 Å². The lowest BCUT2D eigenvalue weighted by Gasteiger charge is -2.10. The van der Waals surface area contributed by atoms with Gasteiger partial charge in [0.1, 0.15) is 5.52 Å². The lowest BCUT2D eigenvalue weighted by atomic mass is 10.0. The summed E-state index contributed by atoms with van der Waals surface area (Å²) >= 11 is 0. The SMILES string of the molecule is Cc1cc(C(F)(F)F)c2c(=O)c(O)cc(=O)[nH]c2c1[N+](=O)[O-]. The molecule has 1 aromatic carbocycles. The number of aromatic nitrogens is 1. The van der Waals surface area contributed by atoms with Crippen LogP contribution < -0.4 is 11.0 Å². The van der Waals surface area contributed by atoms with Crippen molar-refractivity contribution in [2.24, 2.45) is 0 Å². The van der Waals surface area contributed by atoms with Gasteiger partial charge in [0.15, 0.2) is 5.75 Å². The van der Waals surface area contributed by atoms with Gasteiger partial charge < -0.3 is 10.1 Å². The van der Waals surface area contributed by atoms with E-state index in [9.17, 15) is 38.0 Å². The molecule has 2 rings (SSSR count).